The summed E-state index contributed by atoms with van der Waals surface area (Å²) in [6, 6.07) is 7.42. The van der Waals surface area contributed by atoms with E-state index in [2.05, 4.69) is 12.2 Å². The third-order valence-corrected chi connectivity index (χ3v) is 5.98. The van der Waals surface area contributed by atoms with Crippen molar-refractivity contribution in [1.82, 2.24) is 0 Å². The SMILES string of the molecule is CCC1CCc2c(sc(NC(=O)c3ccccc3C)c2C(N)=O)C1. The van der Waals surface area contributed by atoms with Crippen LogP contribution in [0.4, 0.5) is 5.00 Å². The van der Waals surface area contributed by atoms with E-state index in [0.29, 0.717) is 22.0 Å². The first-order valence-electron chi connectivity index (χ1n) is 8.32. The molecule has 1 aliphatic carbocycles. The summed E-state index contributed by atoms with van der Waals surface area (Å²) in [6.07, 6.45) is 4.04. The van der Waals surface area contributed by atoms with Crippen LogP contribution >= 0.6 is 11.3 Å². The molecule has 24 heavy (non-hydrogen) atoms. The zero-order chi connectivity index (χ0) is 17.3. The van der Waals surface area contributed by atoms with Crippen LogP contribution in [-0.4, -0.2) is 11.8 Å². The van der Waals surface area contributed by atoms with Gasteiger partial charge in [-0.3, -0.25) is 9.59 Å². The molecule has 0 spiro atoms. The first-order chi connectivity index (χ1) is 11.5. The topological polar surface area (TPSA) is 72.2 Å². The van der Waals surface area contributed by atoms with Crippen LogP contribution in [0.1, 0.15) is 56.5 Å². The van der Waals surface area contributed by atoms with Gasteiger partial charge < -0.3 is 11.1 Å². The summed E-state index contributed by atoms with van der Waals surface area (Å²) in [5.74, 6) is 0.000524. The number of nitrogens with one attached hydrogen (secondary N) is 1. The van der Waals surface area contributed by atoms with E-state index in [-0.39, 0.29) is 5.91 Å². The number of carbonyl (C=O) groups excluding carboxylic acids is 2. The molecule has 3 N–H and O–H groups in total. The van der Waals surface area contributed by atoms with Gasteiger partial charge in [0, 0.05) is 10.4 Å². The molecular weight excluding hydrogens is 320 g/mol. The fourth-order valence-electron chi connectivity index (χ4n) is 3.35. The monoisotopic (exact) mass is 342 g/mol. The smallest absolute Gasteiger partial charge is 0.256 e. The Kier molecular flexibility index (Phi) is 4.71. The maximum absolute atomic E-state index is 12.6. The molecule has 2 amide bonds. The van der Waals surface area contributed by atoms with E-state index < -0.39 is 5.91 Å². The molecule has 1 unspecified atom stereocenters. The van der Waals surface area contributed by atoms with Crippen LogP contribution in [-0.2, 0) is 12.8 Å². The molecule has 0 aliphatic heterocycles. The van der Waals surface area contributed by atoms with Crippen LogP contribution in [0, 0.1) is 12.8 Å². The van der Waals surface area contributed by atoms with Crippen LogP contribution in [0.15, 0.2) is 24.3 Å². The van der Waals surface area contributed by atoms with Gasteiger partial charge in [-0.25, -0.2) is 0 Å². The van der Waals surface area contributed by atoms with Gasteiger partial charge in [0.15, 0.2) is 0 Å². The zero-order valence-electron chi connectivity index (χ0n) is 14.0. The van der Waals surface area contributed by atoms with E-state index >= 15 is 0 Å². The molecule has 3 rings (SSSR count). The molecule has 1 aromatic carbocycles. The summed E-state index contributed by atoms with van der Waals surface area (Å²) in [6.45, 7) is 4.09. The fourth-order valence-corrected chi connectivity index (χ4v) is 4.71. The minimum absolute atomic E-state index is 0.193. The van der Waals surface area contributed by atoms with Gasteiger partial charge >= 0.3 is 0 Å². The second-order valence-corrected chi connectivity index (χ2v) is 7.46. The molecule has 1 aromatic heterocycles. The van der Waals surface area contributed by atoms with Crippen LogP contribution in [0.5, 0.6) is 0 Å². The van der Waals surface area contributed by atoms with Crippen molar-refractivity contribution in [3.63, 3.8) is 0 Å². The van der Waals surface area contributed by atoms with Crippen LogP contribution in [0.3, 0.4) is 0 Å². The van der Waals surface area contributed by atoms with E-state index in [1.54, 1.807) is 6.07 Å². The number of rotatable bonds is 4. The van der Waals surface area contributed by atoms with Crippen molar-refractivity contribution in [3.8, 4) is 0 Å². The number of hydrogen-bond donors (Lipinski definition) is 2. The number of fused-ring (bicyclic) bond motifs is 1. The number of thiophene rings is 1. The third-order valence-electron chi connectivity index (χ3n) is 4.81. The number of hydrogen-bond acceptors (Lipinski definition) is 3. The Labute approximate surface area is 146 Å². The third kappa shape index (κ3) is 3.08. The predicted octanol–water partition coefficient (Wildman–Crippen LogP) is 3.92. The molecule has 0 fully saturated rings. The standard InChI is InChI=1S/C19H22N2O2S/c1-3-12-8-9-14-15(10-12)24-19(16(14)17(20)22)21-18(23)13-7-5-4-6-11(13)2/h4-7,12H,3,8-10H2,1-2H3,(H2,20,22)(H,21,23). The Bertz CT molecular complexity index is 795. The number of primary amides is 1. The van der Waals surface area contributed by atoms with Crippen molar-refractivity contribution in [2.24, 2.45) is 11.7 Å². The molecule has 1 atom stereocenters. The van der Waals surface area contributed by atoms with Crippen molar-refractivity contribution < 1.29 is 9.59 Å². The fraction of sp³-hybridized carbons (Fsp3) is 0.368. The van der Waals surface area contributed by atoms with Crippen LogP contribution in [0.2, 0.25) is 0 Å². The lowest BCUT2D eigenvalue weighted by atomic mass is 9.85. The number of carbonyl (C=O) groups is 2. The normalized spacial score (nSPS) is 16.5. The average molecular weight is 342 g/mol. The summed E-state index contributed by atoms with van der Waals surface area (Å²) in [7, 11) is 0. The van der Waals surface area contributed by atoms with Gasteiger partial charge in [0.25, 0.3) is 11.8 Å². The lowest BCUT2D eigenvalue weighted by Crippen LogP contribution is -2.20. The Morgan fingerprint density at radius 2 is 2.08 bits per heavy atom. The Balaban J connectivity index is 1.94. The molecular formula is C19H22N2O2S. The van der Waals surface area contributed by atoms with Crippen molar-refractivity contribution >= 4 is 28.2 Å². The predicted molar refractivity (Wildman–Crippen MR) is 97.8 cm³/mol. The highest BCUT2D eigenvalue weighted by Gasteiger charge is 2.28. The molecule has 0 bridgehead atoms. The Hall–Kier alpha value is -2.14. The number of amides is 2. The lowest BCUT2D eigenvalue weighted by molar-refractivity contribution is 0.1000. The first kappa shape index (κ1) is 16.7. The van der Waals surface area contributed by atoms with E-state index in [4.69, 9.17) is 5.73 Å². The zero-order valence-corrected chi connectivity index (χ0v) is 14.8. The van der Waals surface area contributed by atoms with E-state index in [0.717, 1.165) is 36.8 Å². The molecule has 2 aromatic rings. The molecule has 0 saturated carbocycles. The van der Waals surface area contributed by atoms with Crippen molar-refractivity contribution in [2.75, 3.05) is 5.32 Å². The summed E-state index contributed by atoms with van der Waals surface area (Å²) < 4.78 is 0. The summed E-state index contributed by atoms with van der Waals surface area (Å²) in [5, 5.41) is 3.51. The minimum atomic E-state index is -0.456. The van der Waals surface area contributed by atoms with Gasteiger partial charge in [-0.2, -0.15) is 0 Å². The molecule has 1 aliphatic rings. The highest BCUT2D eigenvalue weighted by atomic mass is 32.1. The number of nitrogens with two attached hydrogens (primary N) is 1. The van der Waals surface area contributed by atoms with Gasteiger partial charge in [0.2, 0.25) is 0 Å². The van der Waals surface area contributed by atoms with Crippen molar-refractivity contribution in [1.29, 1.82) is 0 Å². The van der Waals surface area contributed by atoms with Gasteiger partial charge in [0.05, 0.1) is 5.56 Å². The number of benzene rings is 1. The number of anilines is 1. The summed E-state index contributed by atoms with van der Waals surface area (Å²) in [4.78, 5) is 25.8. The van der Waals surface area contributed by atoms with Gasteiger partial charge in [-0.15, -0.1) is 11.3 Å². The van der Waals surface area contributed by atoms with Crippen molar-refractivity contribution in [3.05, 3.63) is 51.4 Å². The highest BCUT2D eigenvalue weighted by Crippen LogP contribution is 2.40. The largest absolute Gasteiger partial charge is 0.365 e. The average Bonchev–Trinajstić information content (AvgIpc) is 2.91. The summed E-state index contributed by atoms with van der Waals surface area (Å²) in [5.41, 5.74) is 8.68. The maximum Gasteiger partial charge on any atom is 0.256 e. The van der Waals surface area contributed by atoms with E-state index in [9.17, 15) is 9.59 Å². The molecule has 126 valence electrons. The molecule has 1 heterocycles. The highest BCUT2D eigenvalue weighted by molar-refractivity contribution is 7.17. The van der Waals surface area contributed by atoms with Gasteiger partial charge in [0.1, 0.15) is 5.00 Å². The summed E-state index contributed by atoms with van der Waals surface area (Å²) >= 11 is 1.51. The molecule has 0 radical (unpaired) electrons. The van der Waals surface area contributed by atoms with Crippen LogP contribution in [0.25, 0.3) is 0 Å². The van der Waals surface area contributed by atoms with Gasteiger partial charge in [-0.05, 0) is 49.3 Å². The molecule has 0 saturated heterocycles. The van der Waals surface area contributed by atoms with E-state index in [1.165, 1.54) is 16.2 Å². The molecule has 4 nitrogen and oxygen atoms in total. The number of aryl methyl sites for hydroxylation is 1. The molecule has 5 heteroatoms. The minimum Gasteiger partial charge on any atom is -0.365 e. The Morgan fingerprint density at radius 3 is 2.75 bits per heavy atom. The lowest BCUT2D eigenvalue weighted by Gasteiger charge is -2.20. The second-order valence-electron chi connectivity index (χ2n) is 6.36. The van der Waals surface area contributed by atoms with E-state index in [1.807, 2.05) is 25.1 Å². The second kappa shape index (κ2) is 6.77. The first-order valence-corrected chi connectivity index (χ1v) is 9.14. The van der Waals surface area contributed by atoms with Gasteiger partial charge in [-0.1, -0.05) is 31.5 Å². The maximum atomic E-state index is 12.6. The van der Waals surface area contributed by atoms with Crippen LogP contribution < -0.4 is 11.1 Å². The Morgan fingerprint density at radius 1 is 1.33 bits per heavy atom. The van der Waals surface area contributed by atoms with Crippen molar-refractivity contribution in [2.45, 2.75) is 39.5 Å². The quantitative estimate of drug-likeness (QED) is 0.884.